The molecular formula is C8H11N3O3. The number of aliphatic hydroxyl groups is 1. The van der Waals surface area contributed by atoms with Crippen LogP contribution in [0.2, 0.25) is 0 Å². The van der Waals surface area contributed by atoms with Crippen LogP contribution in [-0.2, 0) is 0 Å². The quantitative estimate of drug-likeness (QED) is 0.536. The number of aromatic nitrogens is 1. The van der Waals surface area contributed by atoms with E-state index in [1.54, 1.807) is 0 Å². The minimum atomic E-state index is -0.519. The third kappa shape index (κ3) is 2.48. The second kappa shape index (κ2) is 4.64. The summed E-state index contributed by atoms with van der Waals surface area (Å²) in [4.78, 5) is 13.6. The average molecular weight is 197 g/mol. The van der Waals surface area contributed by atoms with E-state index in [4.69, 9.17) is 10.8 Å². The molecule has 0 spiro atoms. The van der Waals surface area contributed by atoms with Gasteiger partial charge in [-0.2, -0.15) is 0 Å². The SMILES string of the molecule is N[C@@H](CCO)c1ccc([N+](=O)[O-])cn1. The van der Waals surface area contributed by atoms with Crippen molar-refractivity contribution in [1.82, 2.24) is 4.98 Å². The van der Waals surface area contributed by atoms with Crippen LogP contribution in [0, 0.1) is 10.1 Å². The summed E-state index contributed by atoms with van der Waals surface area (Å²) in [5, 5.41) is 18.9. The molecule has 1 heterocycles. The topological polar surface area (TPSA) is 102 Å². The van der Waals surface area contributed by atoms with Crippen LogP contribution >= 0.6 is 0 Å². The monoisotopic (exact) mass is 197 g/mol. The molecule has 0 aliphatic rings. The van der Waals surface area contributed by atoms with Crippen LogP contribution in [0.5, 0.6) is 0 Å². The molecular weight excluding hydrogens is 186 g/mol. The summed E-state index contributed by atoms with van der Waals surface area (Å²) in [5.41, 5.74) is 6.12. The predicted octanol–water partition coefficient (Wildman–Crippen LogP) is 0.372. The second-order valence-electron chi connectivity index (χ2n) is 2.82. The van der Waals surface area contributed by atoms with Gasteiger partial charge in [-0.1, -0.05) is 0 Å². The summed E-state index contributed by atoms with van der Waals surface area (Å²) < 4.78 is 0. The van der Waals surface area contributed by atoms with Gasteiger partial charge in [-0.25, -0.2) is 0 Å². The number of nitro groups is 1. The number of pyridine rings is 1. The summed E-state index contributed by atoms with van der Waals surface area (Å²) in [6.07, 6.45) is 1.55. The average Bonchev–Trinajstić information content (AvgIpc) is 2.18. The molecule has 0 radical (unpaired) electrons. The van der Waals surface area contributed by atoms with Crippen LogP contribution in [0.3, 0.4) is 0 Å². The van der Waals surface area contributed by atoms with E-state index in [2.05, 4.69) is 4.98 Å². The number of aliphatic hydroxyl groups excluding tert-OH is 1. The molecule has 0 amide bonds. The highest BCUT2D eigenvalue weighted by Gasteiger charge is 2.09. The predicted molar refractivity (Wildman–Crippen MR) is 49.5 cm³/mol. The Bertz CT molecular complexity index is 312. The lowest BCUT2D eigenvalue weighted by Gasteiger charge is -2.07. The second-order valence-corrected chi connectivity index (χ2v) is 2.82. The number of nitrogens with two attached hydrogens (primary N) is 1. The van der Waals surface area contributed by atoms with E-state index in [1.807, 2.05) is 0 Å². The van der Waals surface area contributed by atoms with E-state index in [0.29, 0.717) is 12.1 Å². The fraction of sp³-hybridized carbons (Fsp3) is 0.375. The Morgan fingerprint density at radius 2 is 2.36 bits per heavy atom. The fourth-order valence-corrected chi connectivity index (χ4v) is 1.01. The van der Waals surface area contributed by atoms with Gasteiger partial charge in [0.25, 0.3) is 5.69 Å². The molecule has 0 aliphatic heterocycles. The van der Waals surface area contributed by atoms with Crippen molar-refractivity contribution in [2.75, 3.05) is 6.61 Å². The molecule has 0 bridgehead atoms. The maximum atomic E-state index is 10.3. The molecule has 0 aromatic carbocycles. The van der Waals surface area contributed by atoms with E-state index in [9.17, 15) is 10.1 Å². The van der Waals surface area contributed by atoms with Gasteiger partial charge in [0.05, 0.1) is 10.6 Å². The molecule has 0 unspecified atom stereocenters. The summed E-state index contributed by atoms with van der Waals surface area (Å²) in [6.45, 7) is -0.0279. The highest BCUT2D eigenvalue weighted by molar-refractivity contribution is 5.27. The van der Waals surface area contributed by atoms with Crippen LogP contribution in [0.15, 0.2) is 18.3 Å². The largest absolute Gasteiger partial charge is 0.396 e. The minimum absolute atomic E-state index is 0.0279. The molecule has 1 aromatic heterocycles. The lowest BCUT2D eigenvalue weighted by Crippen LogP contribution is -2.13. The molecule has 0 fully saturated rings. The van der Waals surface area contributed by atoms with E-state index in [1.165, 1.54) is 12.1 Å². The Morgan fingerprint density at radius 1 is 1.64 bits per heavy atom. The Labute approximate surface area is 80.5 Å². The zero-order valence-electron chi connectivity index (χ0n) is 7.46. The first kappa shape index (κ1) is 10.6. The number of hydrogen-bond acceptors (Lipinski definition) is 5. The van der Waals surface area contributed by atoms with Gasteiger partial charge in [0.1, 0.15) is 6.20 Å². The van der Waals surface area contributed by atoms with Gasteiger partial charge in [0.2, 0.25) is 0 Å². The van der Waals surface area contributed by atoms with Crippen LogP contribution in [0.1, 0.15) is 18.2 Å². The van der Waals surface area contributed by atoms with Crippen LogP contribution in [0.25, 0.3) is 0 Å². The molecule has 1 atom stereocenters. The van der Waals surface area contributed by atoms with Gasteiger partial charge in [-0.15, -0.1) is 0 Å². The van der Waals surface area contributed by atoms with Crippen LogP contribution in [-0.4, -0.2) is 21.6 Å². The lowest BCUT2D eigenvalue weighted by atomic mass is 10.1. The Kier molecular flexibility index (Phi) is 3.49. The van der Waals surface area contributed by atoms with Gasteiger partial charge in [0.15, 0.2) is 0 Å². The van der Waals surface area contributed by atoms with E-state index in [0.717, 1.165) is 6.20 Å². The van der Waals surface area contributed by atoms with Crippen molar-refractivity contribution in [3.05, 3.63) is 34.1 Å². The van der Waals surface area contributed by atoms with Crippen molar-refractivity contribution in [1.29, 1.82) is 0 Å². The fourth-order valence-electron chi connectivity index (χ4n) is 1.01. The van der Waals surface area contributed by atoms with Crippen molar-refractivity contribution in [3.63, 3.8) is 0 Å². The number of hydrogen-bond donors (Lipinski definition) is 2. The first-order chi connectivity index (χ1) is 6.65. The van der Waals surface area contributed by atoms with Crippen LogP contribution in [0.4, 0.5) is 5.69 Å². The molecule has 6 nitrogen and oxygen atoms in total. The third-order valence-corrected chi connectivity index (χ3v) is 1.80. The molecule has 3 N–H and O–H groups in total. The van der Waals surface area contributed by atoms with E-state index >= 15 is 0 Å². The van der Waals surface area contributed by atoms with Crippen molar-refractivity contribution in [2.24, 2.45) is 5.73 Å². The third-order valence-electron chi connectivity index (χ3n) is 1.80. The standard InChI is InChI=1S/C8H11N3O3/c9-7(3-4-12)8-2-1-6(5-10-8)11(13)14/h1-2,5,7,12H,3-4,9H2/t7-/m0/s1. The summed E-state index contributed by atoms with van der Waals surface area (Å²) in [5.74, 6) is 0. The van der Waals surface area contributed by atoms with E-state index in [-0.39, 0.29) is 18.3 Å². The van der Waals surface area contributed by atoms with Gasteiger partial charge < -0.3 is 10.8 Å². The highest BCUT2D eigenvalue weighted by atomic mass is 16.6. The zero-order valence-corrected chi connectivity index (χ0v) is 7.46. The molecule has 0 saturated heterocycles. The van der Waals surface area contributed by atoms with Crippen molar-refractivity contribution in [3.8, 4) is 0 Å². The molecule has 0 aliphatic carbocycles. The van der Waals surface area contributed by atoms with Gasteiger partial charge in [0, 0.05) is 18.7 Å². The number of nitrogens with zero attached hydrogens (tertiary/aromatic N) is 2. The zero-order chi connectivity index (χ0) is 10.6. The molecule has 1 rings (SSSR count). The minimum Gasteiger partial charge on any atom is -0.396 e. The lowest BCUT2D eigenvalue weighted by molar-refractivity contribution is -0.385. The molecule has 14 heavy (non-hydrogen) atoms. The molecule has 76 valence electrons. The summed E-state index contributed by atoms with van der Waals surface area (Å²) in [6, 6.07) is 2.47. The highest BCUT2D eigenvalue weighted by Crippen LogP contribution is 2.14. The molecule has 6 heteroatoms. The van der Waals surface area contributed by atoms with Crippen molar-refractivity contribution in [2.45, 2.75) is 12.5 Å². The Morgan fingerprint density at radius 3 is 2.79 bits per heavy atom. The van der Waals surface area contributed by atoms with Gasteiger partial charge >= 0.3 is 0 Å². The summed E-state index contributed by atoms with van der Waals surface area (Å²) >= 11 is 0. The van der Waals surface area contributed by atoms with Crippen molar-refractivity contribution >= 4 is 5.69 Å². The molecule has 1 aromatic rings. The first-order valence-electron chi connectivity index (χ1n) is 4.12. The normalized spacial score (nSPS) is 12.4. The van der Waals surface area contributed by atoms with Gasteiger partial charge in [-0.3, -0.25) is 15.1 Å². The smallest absolute Gasteiger partial charge is 0.287 e. The van der Waals surface area contributed by atoms with E-state index < -0.39 is 4.92 Å². The summed E-state index contributed by atoms with van der Waals surface area (Å²) in [7, 11) is 0. The first-order valence-corrected chi connectivity index (χ1v) is 4.12. The van der Waals surface area contributed by atoms with Crippen LogP contribution < -0.4 is 5.73 Å². The van der Waals surface area contributed by atoms with Gasteiger partial charge in [-0.05, 0) is 12.5 Å². The number of rotatable bonds is 4. The van der Waals surface area contributed by atoms with Crippen molar-refractivity contribution < 1.29 is 10.0 Å². The maximum absolute atomic E-state index is 10.3. The Hall–Kier alpha value is -1.53. The maximum Gasteiger partial charge on any atom is 0.287 e. The molecule has 0 saturated carbocycles. The Balaban J connectivity index is 2.77.